The summed E-state index contributed by atoms with van der Waals surface area (Å²) in [6.07, 6.45) is 7.24. The average Bonchev–Trinajstić information content (AvgIpc) is 3.15. The molecule has 4 nitrogen and oxygen atoms in total. The van der Waals surface area contributed by atoms with Crippen LogP contribution in [0.15, 0.2) is 170 Å². The second kappa shape index (κ2) is 12.0. The predicted molar refractivity (Wildman–Crippen MR) is 188 cm³/mol. The van der Waals surface area contributed by atoms with Crippen LogP contribution in [-0.4, -0.2) is 19.9 Å². The largest absolute Gasteiger partial charge is 0.265 e. The molecule has 0 radical (unpaired) electrons. The maximum Gasteiger partial charge on any atom is 0.0722 e. The van der Waals surface area contributed by atoms with Gasteiger partial charge in [0.25, 0.3) is 0 Å². The Hall–Kier alpha value is -6.26. The molecule has 0 spiro atoms. The van der Waals surface area contributed by atoms with Gasteiger partial charge in [0.15, 0.2) is 0 Å². The van der Waals surface area contributed by atoms with Crippen molar-refractivity contribution in [1.29, 1.82) is 0 Å². The highest BCUT2D eigenvalue weighted by atomic mass is 14.7. The molecule has 4 aromatic heterocycles. The Balaban J connectivity index is 1.52. The van der Waals surface area contributed by atoms with Crippen molar-refractivity contribution in [3.63, 3.8) is 0 Å². The summed E-state index contributed by atoms with van der Waals surface area (Å²) >= 11 is 0. The molecule has 0 aliphatic heterocycles. The first-order chi connectivity index (χ1) is 22.8. The number of hydrogen-bond acceptors (Lipinski definition) is 4. The molecule has 8 aromatic rings. The van der Waals surface area contributed by atoms with E-state index in [9.17, 15) is 0 Å². The second-order valence-corrected chi connectivity index (χ2v) is 11.1. The first-order valence-corrected chi connectivity index (χ1v) is 15.3. The zero-order valence-electron chi connectivity index (χ0n) is 25.0. The summed E-state index contributed by atoms with van der Waals surface area (Å²) in [6.45, 7) is 0. The fraction of sp³-hybridized carbons (Fsp3) is 0. The molecule has 4 heteroatoms. The van der Waals surface area contributed by atoms with Crippen molar-refractivity contribution in [2.24, 2.45) is 0 Å². The van der Waals surface area contributed by atoms with Gasteiger partial charge in [-0.1, -0.05) is 97.1 Å². The number of hydrogen-bond donors (Lipinski definition) is 0. The summed E-state index contributed by atoms with van der Waals surface area (Å²) in [5.74, 6) is 0. The molecule has 216 valence electrons. The van der Waals surface area contributed by atoms with Crippen LogP contribution in [0.1, 0.15) is 0 Å². The lowest BCUT2D eigenvalue weighted by molar-refractivity contribution is 1.29. The van der Waals surface area contributed by atoms with Gasteiger partial charge in [-0.05, 0) is 70.4 Å². The smallest absolute Gasteiger partial charge is 0.0722 e. The third kappa shape index (κ3) is 5.02. The highest BCUT2D eigenvalue weighted by Crippen LogP contribution is 2.50. The molecular weight excluding hydrogens is 560 g/mol. The van der Waals surface area contributed by atoms with E-state index >= 15 is 0 Å². The molecule has 4 heterocycles. The van der Waals surface area contributed by atoms with Gasteiger partial charge < -0.3 is 0 Å². The van der Waals surface area contributed by atoms with Gasteiger partial charge in [0.1, 0.15) is 0 Å². The fourth-order valence-electron chi connectivity index (χ4n) is 6.27. The third-order valence-electron chi connectivity index (χ3n) is 8.30. The monoisotopic (exact) mass is 588 g/mol. The first-order valence-electron chi connectivity index (χ1n) is 15.3. The van der Waals surface area contributed by atoms with Crippen molar-refractivity contribution < 1.29 is 0 Å². The fourth-order valence-corrected chi connectivity index (χ4v) is 6.27. The Morgan fingerprint density at radius 3 is 1.04 bits per heavy atom. The Bertz CT molecular complexity index is 2120. The molecule has 0 bridgehead atoms. The lowest BCUT2D eigenvalue weighted by atomic mass is 9.80. The molecule has 0 atom stereocenters. The molecule has 0 saturated heterocycles. The van der Waals surface area contributed by atoms with Crippen molar-refractivity contribution in [2.75, 3.05) is 0 Å². The van der Waals surface area contributed by atoms with E-state index in [1.54, 1.807) is 0 Å². The number of nitrogens with zero attached hydrogens (tertiary/aromatic N) is 4. The van der Waals surface area contributed by atoms with Crippen LogP contribution in [0.25, 0.3) is 78.1 Å². The van der Waals surface area contributed by atoms with E-state index in [0.717, 1.165) is 78.1 Å². The minimum absolute atomic E-state index is 0.903. The van der Waals surface area contributed by atoms with Crippen molar-refractivity contribution in [3.05, 3.63) is 170 Å². The van der Waals surface area contributed by atoms with Gasteiger partial charge in [0, 0.05) is 58.2 Å². The molecular formula is C42H28N4. The molecule has 0 aliphatic rings. The first kappa shape index (κ1) is 27.3. The molecule has 8 rings (SSSR count). The number of fused-ring (bicyclic) bond motifs is 1. The molecule has 0 saturated carbocycles. The Kier molecular flexibility index (Phi) is 7.14. The second-order valence-electron chi connectivity index (χ2n) is 11.1. The maximum atomic E-state index is 5.29. The molecule has 0 unspecified atom stereocenters. The van der Waals surface area contributed by atoms with Crippen LogP contribution in [0, 0.1) is 0 Å². The molecule has 0 fully saturated rings. The van der Waals surface area contributed by atoms with E-state index < -0.39 is 0 Å². The van der Waals surface area contributed by atoms with Crippen LogP contribution < -0.4 is 0 Å². The van der Waals surface area contributed by atoms with Crippen LogP contribution in [0.2, 0.25) is 0 Å². The van der Waals surface area contributed by atoms with Crippen molar-refractivity contribution in [2.45, 2.75) is 0 Å². The van der Waals surface area contributed by atoms with Crippen molar-refractivity contribution >= 4 is 10.8 Å². The van der Waals surface area contributed by atoms with E-state index in [2.05, 4.69) is 131 Å². The number of rotatable bonds is 6. The lowest BCUT2D eigenvalue weighted by Crippen LogP contribution is -2.00. The Morgan fingerprint density at radius 1 is 0.261 bits per heavy atom. The Labute approximate surface area is 267 Å². The van der Waals surface area contributed by atoms with E-state index in [-0.39, 0.29) is 0 Å². The van der Waals surface area contributed by atoms with Gasteiger partial charge in [-0.25, -0.2) is 9.97 Å². The van der Waals surface area contributed by atoms with E-state index in [1.165, 1.54) is 0 Å². The van der Waals surface area contributed by atoms with E-state index in [0.29, 0.717) is 0 Å². The predicted octanol–water partition coefficient (Wildman–Crippen LogP) is 10.4. The van der Waals surface area contributed by atoms with Crippen LogP contribution in [-0.2, 0) is 0 Å². The van der Waals surface area contributed by atoms with E-state index in [4.69, 9.17) is 9.97 Å². The number of aromatic nitrogens is 4. The number of pyridine rings is 4. The SMILES string of the molecule is c1ccc(-c2c(-c3ccccc3)c(-c3cccc(-c4ccncc4)n3)c3ccccc3c2-c2cccc(-c3ccncc3)n2)cc1. The van der Waals surface area contributed by atoms with Crippen molar-refractivity contribution in [3.8, 4) is 67.3 Å². The Morgan fingerprint density at radius 2 is 0.630 bits per heavy atom. The maximum absolute atomic E-state index is 5.29. The van der Waals surface area contributed by atoms with Crippen LogP contribution in [0.4, 0.5) is 0 Å². The normalized spacial score (nSPS) is 11.0. The standard InChI is InChI=1S/C42H28N4/c1-3-11-31(12-4-1)39-40(32-13-5-2-6-14-32)42(38-20-10-18-36(46-38)30-23-27-44-28-24-30)34-16-8-7-15-33(34)41(39)37-19-9-17-35(45-37)29-21-25-43-26-22-29/h1-28H. The summed E-state index contributed by atoms with van der Waals surface area (Å²) in [4.78, 5) is 19.0. The van der Waals surface area contributed by atoms with Gasteiger partial charge in [0.2, 0.25) is 0 Å². The summed E-state index contributed by atoms with van der Waals surface area (Å²) in [7, 11) is 0. The van der Waals surface area contributed by atoms with Crippen LogP contribution >= 0.6 is 0 Å². The van der Waals surface area contributed by atoms with Crippen LogP contribution in [0.5, 0.6) is 0 Å². The molecule has 46 heavy (non-hydrogen) atoms. The third-order valence-corrected chi connectivity index (χ3v) is 8.30. The van der Waals surface area contributed by atoms with E-state index in [1.807, 2.05) is 49.1 Å². The van der Waals surface area contributed by atoms with Gasteiger partial charge in [-0.15, -0.1) is 0 Å². The molecule has 0 aliphatic carbocycles. The van der Waals surface area contributed by atoms with Gasteiger partial charge in [-0.2, -0.15) is 0 Å². The minimum atomic E-state index is 0.903. The van der Waals surface area contributed by atoms with Gasteiger partial charge >= 0.3 is 0 Å². The highest BCUT2D eigenvalue weighted by molar-refractivity contribution is 6.17. The summed E-state index contributed by atoms with van der Waals surface area (Å²) in [6, 6.07) is 50.5. The van der Waals surface area contributed by atoms with Crippen LogP contribution in [0.3, 0.4) is 0 Å². The number of benzene rings is 4. The lowest BCUT2D eigenvalue weighted by Gasteiger charge is -2.23. The zero-order valence-corrected chi connectivity index (χ0v) is 25.0. The van der Waals surface area contributed by atoms with Gasteiger partial charge in [0.05, 0.1) is 22.8 Å². The average molecular weight is 589 g/mol. The summed E-state index contributed by atoms with van der Waals surface area (Å²) in [5.41, 5.74) is 12.3. The molecule has 0 N–H and O–H groups in total. The van der Waals surface area contributed by atoms with Gasteiger partial charge in [-0.3, -0.25) is 9.97 Å². The topological polar surface area (TPSA) is 51.6 Å². The molecule has 4 aromatic carbocycles. The molecule has 0 amide bonds. The quantitative estimate of drug-likeness (QED) is 0.194. The minimum Gasteiger partial charge on any atom is -0.265 e. The highest BCUT2D eigenvalue weighted by Gasteiger charge is 2.25. The van der Waals surface area contributed by atoms with Crippen molar-refractivity contribution in [1.82, 2.24) is 19.9 Å². The zero-order chi connectivity index (χ0) is 30.7. The summed E-state index contributed by atoms with van der Waals surface area (Å²) in [5, 5.41) is 2.23. The summed E-state index contributed by atoms with van der Waals surface area (Å²) < 4.78 is 0.